The number of nitrogens with one attached hydrogen (secondary N) is 1. The zero-order chi connectivity index (χ0) is 15.5. The van der Waals surface area contributed by atoms with Gasteiger partial charge in [0.25, 0.3) is 0 Å². The van der Waals surface area contributed by atoms with E-state index in [1.54, 1.807) is 6.07 Å². The van der Waals surface area contributed by atoms with Gasteiger partial charge in [-0.25, -0.2) is 4.98 Å². The van der Waals surface area contributed by atoms with Crippen LogP contribution in [0.15, 0.2) is 29.6 Å². The molecular weight excluding hydrogens is 297 g/mol. The highest BCUT2D eigenvalue weighted by atomic mass is 32.1. The first-order chi connectivity index (χ1) is 9.91. The van der Waals surface area contributed by atoms with Gasteiger partial charge in [-0.2, -0.15) is 13.2 Å². The molecule has 2 rings (SSSR count). The van der Waals surface area contributed by atoms with Crippen molar-refractivity contribution in [2.45, 2.75) is 32.5 Å². The van der Waals surface area contributed by atoms with Crippen molar-refractivity contribution >= 4 is 11.3 Å². The van der Waals surface area contributed by atoms with Gasteiger partial charge < -0.3 is 5.32 Å². The molecule has 0 radical (unpaired) electrons. The fourth-order valence-corrected chi connectivity index (χ4v) is 2.93. The summed E-state index contributed by atoms with van der Waals surface area (Å²) in [4.78, 5) is 4.41. The minimum atomic E-state index is -4.33. The molecule has 0 aliphatic carbocycles. The summed E-state index contributed by atoms with van der Waals surface area (Å²) < 4.78 is 38.6. The number of aryl methyl sites for hydroxylation is 1. The third-order valence-corrected chi connectivity index (χ3v) is 4.06. The van der Waals surface area contributed by atoms with Crippen molar-refractivity contribution in [2.75, 3.05) is 6.54 Å². The van der Waals surface area contributed by atoms with E-state index < -0.39 is 11.7 Å². The van der Waals surface area contributed by atoms with Crippen LogP contribution >= 0.6 is 11.3 Å². The fraction of sp³-hybridized carbons (Fsp3) is 0.400. The number of halogens is 3. The molecule has 1 atom stereocenters. The van der Waals surface area contributed by atoms with Crippen molar-refractivity contribution in [3.63, 3.8) is 0 Å². The molecule has 1 heterocycles. The maximum atomic E-state index is 12.9. The van der Waals surface area contributed by atoms with Crippen LogP contribution < -0.4 is 5.32 Å². The van der Waals surface area contributed by atoms with Crippen LogP contribution in [0.5, 0.6) is 0 Å². The van der Waals surface area contributed by atoms with Gasteiger partial charge in [0.15, 0.2) is 0 Å². The lowest BCUT2D eigenvalue weighted by Gasteiger charge is -2.18. The number of nitrogens with zero attached hydrogens (tertiary/aromatic N) is 1. The maximum Gasteiger partial charge on any atom is 0.416 e. The summed E-state index contributed by atoms with van der Waals surface area (Å²) in [6, 6.07) is 5.14. The molecule has 6 heteroatoms. The van der Waals surface area contributed by atoms with Crippen LogP contribution in [0.25, 0.3) is 0 Å². The van der Waals surface area contributed by atoms with E-state index >= 15 is 0 Å². The Morgan fingerprint density at radius 2 is 2.10 bits per heavy atom. The SMILES string of the molecule is CCCNC(c1cccc(C(F)(F)F)c1)c1nc(C)cs1. The van der Waals surface area contributed by atoms with E-state index in [1.807, 2.05) is 19.2 Å². The normalized spacial score (nSPS) is 13.4. The second kappa shape index (κ2) is 6.58. The van der Waals surface area contributed by atoms with E-state index in [0.29, 0.717) is 5.56 Å². The van der Waals surface area contributed by atoms with Gasteiger partial charge in [0, 0.05) is 11.1 Å². The topological polar surface area (TPSA) is 24.9 Å². The highest BCUT2D eigenvalue weighted by Gasteiger charge is 2.31. The average molecular weight is 314 g/mol. The summed E-state index contributed by atoms with van der Waals surface area (Å²) in [7, 11) is 0. The van der Waals surface area contributed by atoms with E-state index in [-0.39, 0.29) is 6.04 Å². The molecule has 0 spiro atoms. The molecular formula is C15H17F3N2S. The van der Waals surface area contributed by atoms with Crippen molar-refractivity contribution in [1.29, 1.82) is 0 Å². The van der Waals surface area contributed by atoms with Crippen molar-refractivity contribution in [1.82, 2.24) is 10.3 Å². The molecule has 0 saturated carbocycles. The first-order valence-corrected chi connectivity index (χ1v) is 7.62. The Bertz CT molecular complexity index is 593. The Morgan fingerprint density at radius 3 is 2.67 bits per heavy atom. The van der Waals surface area contributed by atoms with Gasteiger partial charge in [-0.3, -0.25) is 0 Å². The van der Waals surface area contributed by atoms with Gasteiger partial charge in [-0.1, -0.05) is 19.1 Å². The molecule has 2 aromatic rings. The molecule has 2 nitrogen and oxygen atoms in total. The van der Waals surface area contributed by atoms with Gasteiger partial charge >= 0.3 is 6.18 Å². The van der Waals surface area contributed by atoms with Gasteiger partial charge in [0.2, 0.25) is 0 Å². The molecule has 21 heavy (non-hydrogen) atoms. The molecule has 114 valence electrons. The molecule has 1 unspecified atom stereocenters. The Hall–Kier alpha value is -1.40. The summed E-state index contributed by atoms with van der Waals surface area (Å²) in [6.07, 6.45) is -3.43. The average Bonchev–Trinajstić information content (AvgIpc) is 2.85. The molecule has 0 saturated heterocycles. The lowest BCUT2D eigenvalue weighted by molar-refractivity contribution is -0.137. The Morgan fingerprint density at radius 1 is 1.33 bits per heavy atom. The predicted molar refractivity (Wildman–Crippen MR) is 78.4 cm³/mol. The largest absolute Gasteiger partial charge is 0.416 e. The number of rotatable bonds is 5. The van der Waals surface area contributed by atoms with E-state index in [2.05, 4.69) is 10.3 Å². The number of hydrogen-bond acceptors (Lipinski definition) is 3. The third-order valence-electron chi connectivity index (χ3n) is 3.03. The lowest BCUT2D eigenvalue weighted by Crippen LogP contribution is -2.23. The minimum Gasteiger partial charge on any atom is -0.304 e. The standard InChI is InChI=1S/C15H17F3N2S/c1-3-7-19-13(14-20-10(2)9-21-14)11-5-4-6-12(8-11)15(16,17)18/h4-6,8-9,13,19H,3,7H2,1-2H3. The molecule has 1 aromatic heterocycles. The number of aromatic nitrogens is 1. The lowest BCUT2D eigenvalue weighted by atomic mass is 10.0. The van der Waals surface area contributed by atoms with Crippen molar-refractivity contribution in [3.05, 3.63) is 51.5 Å². The van der Waals surface area contributed by atoms with E-state index in [9.17, 15) is 13.2 Å². The van der Waals surface area contributed by atoms with Crippen LogP contribution in [0.3, 0.4) is 0 Å². The van der Waals surface area contributed by atoms with Gasteiger partial charge in [0.05, 0.1) is 11.6 Å². The first-order valence-electron chi connectivity index (χ1n) is 6.74. The van der Waals surface area contributed by atoms with Crippen molar-refractivity contribution in [2.24, 2.45) is 0 Å². The molecule has 0 aliphatic rings. The second-order valence-corrected chi connectivity index (χ2v) is 5.73. The number of benzene rings is 1. The number of thiazole rings is 1. The quantitative estimate of drug-likeness (QED) is 0.875. The molecule has 0 bridgehead atoms. The predicted octanol–water partition coefficient (Wildman–Crippen LogP) is 4.56. The van der Waals surface area contributed by atoms with Crippen LogP contribution in [0.1, 0.15) is 41.2 Å². The number of hydrogen-bond donors (Lipinski definition) is 1. The maximum absolute atomic E-state index is 12.9. The van der Waals surface area contributed by atoms with E-state index in [1.165, 1.54) is 23.5 Å². The molecule has 1 aromatic carbocycles. The van der Waals surface area contributed by atoms with E-state index in [0.717, 1.165) is 29.7 Å². The highest BCUT2D eigenvalue weighted by molar-refractivity contribution is 7.09. The van der Waals surface area contributed by atoms with Crippen LogP contribution in [0.2, 0.25) is 0 Å². The van der Waals surface area contributed by atoms with Gasteiger partial charge in [0.1, 0.15) is 5.01 Å². The summed E-state index contributed by atoms with van der Waals surface area (Å²) in [5.41, 5.74) is 0.842. The Labute approximate surface area is 126 Å². The van der Waals surface area contributed by atoms with Crippen molar-refractivity contribution < 1.29 is 13.2 Å². The van der Waals surface area contributed by atoms with Crippen molar-refractivity contribution in [3.8, 4) is 0 Å². The third kappa shape index (κ3) is 4.04. The second-order valence-electron chi connectivity index (χ2n) is 4.84. The molecule has 0 aliphatic heterocycles. The smallest absolute Gasteiger partial charge is 0.304 e. The fourth-order valence-electron chi connectivity index (χ4n) is 2.04. The summed E-state index contributed by atoms with van der Waals surface area (Å²) >= 11 is 1.46. The molecule has 0 amide bonds. The Balaban J connectivity index is 2.37. The molecule has 1 N–H and O–H groups in total. The van der Waals surface area contributed by atoms with Gasteiger partial charge in [-0.15, -0.1) is 11.3 Å². The minimum absolute atomic E-state index is 0.300. The zero-order valence-electron chi connectivity index (χ0n) is 11.9. The van der Waals surface area contributed by atoms with Gasteiger partial charge in [-0.05, 0) is 37.6 Å². The number of alkyl halides is 3. The zero-order valence-corrected chi connectivity index (χ0v) is 12.7. The van der Waals surface area contributed by atoms with E-state index in [4.69, 9.17) is 0 Å². The van der Waals surface area contributed by atoms with Crippen LogP contribution in [-0.2, 0) is 6.18 Å². The monoisotopic (exact) mass is 314 g/mol. The van der Waals surface area contributed by atoms with Crippen LogP contribution in [-0.4, -0.2) is 11.5 Å². The summed E-state index contributed by atoms with van der Waals surface area (Å²) in [5, 5.41) is 5.97. The highest BCUT2D eigenvalue weighted by Crippen LogP contribution is 2.32. The van der Waals surface area contributed by atoms with Crippen LogP contribution in [0, 0.1) is 6.92 Å². The summed E-state index contributed by atoms with van der Waals surface area (Å²) in [5.74, 6) is 0. The first kappa shape index (κ1) is 16.0. The molecule has 0 fully saturated rings. The van der Waals surface area contributed by atoms with Crippen LogP contribution in [0.4, 0.5) is 13.2 Å². The summed E-state index contributed by atoms with van der Waals surface area (Å²) in [6.45, 7) is 4.62. The Kier molecular flexibility index (Phi) is 5.00.